The number of rotatable bonds is 6. The lowest BCUT2D eigenvalue weighted by atomic mass is 9.94. The molecule has 7 rings (SSSR count). The minimum absolute atomic E-state index is 0.0975. The maximum atomic E-state index is 13.3. The predicted molar refractivity (Wildman–Crippen MR) is 184 cm³/mol. The first-order valence-corrected chi connectivity index (χ1v) is 17.1. The van der Waals surface area contributed by atoms with Gasteiger partial charge in [-0.3, -0.25) is 0 Å². The monoisotopic (exact) mass is 646 g/mol. The van der Waals surface area contributed by atoms with Crippen molar-refractivity contribution in [2.24, 2.45) is 0 Å². The Morgan fingerprint density at radius 2 is 1.09 bits per heavy atom. The number of carbonyl (C=O) groups is 1. The lowest BCUT2D eigenvalue weighted by Gasteiger charge is -2.15. The van der Waals surface area contributed by atoms with Crippen LogP contribution in [-0.4, -0.2) is 32.3 Å². The Morgan fingerprint density at radius 1 is 0.609 bits per heavy atom. The molecular weight excluding hydrogens is 617 g/mol. The zero-order valence-electron chi connectivity index (χ0n) is 25.4. The summed E-state index contributed by atoms with van der Waals surface area (Å²) in [5, 5.41) is 5.48. The van der Waals surface area contributed by atoms with Crippen molar-refractivity contribution in [3.8, 4) is 11.5 Å². The fraction of sp³-hybridized carbons (Fsp3) is 0.0789. The van der Waals surface area contributed by atoms with Crippen molar-refractivity contribution in [2.75, 3.05) is 14.2 Å². The molecule has 46 heavy (non-hydrogen) atoms. The molecule has 0 radical (unpaired) electrons. The van der Waals surface area contributed by atoms with Crippen molar-refractivity contribution in [3.05, 3.63) is 139 Å². The number of carbonyl (C=O) groups excluding carboxylic acids is 1. The van der Waals surface area contributed by atoms with E-state index in [-0.39, 0.29) is 10.0 Å². The lowest BCUT2D eigenvalue weighted by Crippen LogP contribution is -2.16. The van der Waals surface area contributed by atoms with Crippen LogP contribution in [0.25, 0.3) is 32.3 Å². The van der Waals surface area contributed by atoms with Gasteiger partial charge in [0, 0.05) is 5.39 Å². The first-order valence-electron chi connectivity index (χ1n) is 14.4. The molecule has 0 amide bonds. The van der Waals surface area contributed by atoms with Crippen LogP contribution in [0.5, 0.6) is 11.5 Å². The van der Waals surface area contributed by atoms with Crippen molar-refractivity contribution >= 4 is 58.4 Å². The van der Waals surface area contributed by atoms with E-state index in [0.29, 0.717) is 10.9 Å². The van der Waals surface area contributed by atoms with Gasteiger partial charge in [0.1, 0.15) is 32.5 Å². The Morgan fingerprint density at radius 3 is 1.59 bits per heavy atom. The number of methoxy groups -OCH3 is 2. The van der Waals surface area contributed by atoms with E-state index in [2.05, 4.69) is 0 Å². The van der Waals surface area contributed by atoms with E-state index in [9.17, 15) is 17.8 Å². The molecule has 8 heteroatoms. The molecule has 0 N–H and O–H groups in total. The summed E-state index contributed by atoms with van der Waals surface area (Å²) in [5.74, 6) is 1.55. The summed E-state index contributed by atoms with van der Waals surface area (Å²) in [7, 11) is -1.93. The Hall–Kier alpha value is -4.89. The van der Waals surface area contributed by atoms with Crippen molar-refractivity contribution in [3.63, 3.8) is 0 Å². The minimum atomic E-state index is -4.48. The normalized spacial score (nSPS) is 11.5. The maximum Gasteiger partial charge on any atom is 0.373 e. The van der Waals surface area contributed by atoms with Crippen LogP contribution in [-0.2, 0) is 21.0 Å². The van der Waals surface area contributed by atoms with Crippen LogP contribution in [0.3, 0.4) is 0 Å². The lowest BCUT2D eigenvalue weighted by molar-refractivity contribution is 0.108. The van der Waals surface area contributed by atoms with Crippen LogP contribution in [0.2, 0.25) is 0 Å². The molecule has 0 unspecified atom stereocenters. The molecule has 0 spiro atoms. The molecule has 230 valence electrons. The molecule has 0 aliphatic heterocycles. The Labute approximate surface area is 270 Å². The summed E-state index contributed by atoms with van der Waals surface area (Å²) in [6, 6.07) is 39.7. The van der Waals surface area contributed by atoms with Gasteiger partial charge in [-0.2, -0.15) is 0 Å². The molecule has 0 saturated carbocycles. The van der Waals surface area contributed by atoms with E-state index in [1.54, 1.807) is 26.4 Å². The Balaban J connectivity index is 0.000000166. The second-order valence-corrected chi connectivity index (χ2v) is 14.0. The van der Waals surface area contributed by atoms with Crippen LogP contribution in [0, 0.1) is 6.92 Å². The second-order valence-electron chi connectivity index (χ2n) is 10.7. The number of ether oxygens (including phenoxy) is 2. The molecular formula is C38H30O6S2. The molecule has 0 aliphatic rings. The van der Waals surface area contributed by atoms with Crippen molar-refractivity contribution in [1.29, 1.82) is 0 Å². The average molecular weight is 647 g/mol. The van der Waals surface area contributed by atoms with E-state index >= 15 is 0 Å². The van der Waals surface area contributed by atoms with Crippen molar-refractivity contribution in [1.82, 2.24) is 0 Å². The average Bonchev–Trinajstić information content (AvgIpc) is 3.08. The number of benzene rings is 7. The van der Waals surface area contributed by atoms with Gasteiger partial charge in [-0.25, -0.2) is 13.2 Å². The highest BCUT2D eigenvalue weighted by Gasteiger charge is 2.36. The quantitative estimate of drug-likeness (QED) is 0.102. The fourth-order valence-electron chi connectivity index (χ4n) is 5.51. The maximum absolute atomic E-state index is 13.3. The van der Waals surface area contributed by atoms with Gasteiger partial charge in [0.25, 0.3) is 0 Å². The van der Waals surface area contributed by atoms with Crippen LogP contribution in [0.1, 0.15) is 15.9 Å². The third kappa shape index (κ3) is 6.15. The first-order chi connectivity index (χ1) is 22.2. The van der Waals surface area contributed by atoms with Gasteiger partial charge < -0.3 is 14.0 Å². The van der Waals surface area contributed by atoms with Gasteiger partial charge in [0.15, 0.2) is 9.79 Å². The third-order valence-electron chi connectivity index (χ3n) is 7.82. The van der Waals surface area contributed by atoms with Crippen LogP contribution in [0.4, 0.5) is 0 Å². The summed E-state index contributed by atoms with van der Waals surface area (Å²) in [6.07, 6.45) is 0. The number of hydrogen-bond acceptors (Lipinski definition) is 6. The summed E-state index contributed by atoms with van der Waals surface area (Å²) >= 11 is 0. The van der Waals surface area contributed by atoms with E-state index < -0.39 is 21.0 Å². The molecule has 6 nitrogen and oxygen atoms in total. The standard InChI is InChI=1S/C22H21O3S.C16H10O3S/c1-16-4-6-17(7-5-16)22(23)26(20-12-8-18(24-2)9-13-20)21-14-10-19(25-3)11-15-21;17-20(18,19)14-9-7-12-5-4-10-2-1-3-11-6-8-13(14)16(12)15(10)11/h4-15H,1-3H3;1-9H,(H,17,18,19)/q+1;/p-1. The molecule has 0 bridgehead atoms. The van der Waals surface area contributed by atoms with E-state index in [4.69, 9.17) is 9.47 Å². The summed E-state index contributed by atoms with van der Waals surface area (Å²) in [4.78, 5) is 15.1. The Bertz CT molecular complexity index is 2200. The van der Waals surface area contributed by atoms with E-state index in [0.717, 1.165) is 53.8 Å². The summed E-state index contributed by atoms with van der Waals surface area (Å²) < 4.78 is 44.8. The van der Waals surface area contributed by atoms with Gasteiger partial charge >= 0.3 is 5.12 Å². The molecule has 0 fully saturated rings. The topological polar surface area (TPSA) is 92.7 Å². The largest absolute Gasteiger partial charge is 0.744 e. The minimum Gasteiger partial charge on any atom is -0.744 e. The molecule has 7 aromatic carbocycles. The fourth-order valence-corrected chi connectivity index (χ4v) is 8.07. The molecule has 0 aliphatic carbocycles. The molecule has 0 heterocycles. The SMILES string of the molecule is COc1ccc([S+](C(=O)c2ccc(C)cc2)c2ccc(OC)cc2)cc1.O=S(=O)([O-])c1ccc2ccc3cccc4ccc1c2c34. The third-order valence-corrected chi connectivity index (χ3v) is 10.8. The predicted octanol–water partition coefficient (Wildman–Crippen LogP) is 8.38. The van der Waals surface area contributed by atoms with E-state index in [1.165, 1.54) is 6.07 Å². The highest BCUT2D eigenvalue weighted by molar-refractivity contribution is 8.11. The van der Waals surface area contributed by atoms with Crippen LogP contribution >= 0.6 is 0 Å². The zero-order chi connectivity index (χ0) is 32.4. The van der Waals surface area contributed by atoms with Gasteiger partial charge in [-0.05, 0) is 101 Å². The second kappa shape index (κ2) is 12.8. The highest BCUT2D eigenvalue weighted by atomic mass is 32.2. The first kappa shape index (κ1) is 31.1. The van der Waals surface area contributed by atoms with Crippen molar-refractivity contribution < 1.29 is 27.2 Å². The molecule has 7 aromatic rings. The van der Waals surface area contributed by atoms with Gasteiger partial charge in [0.2, 0.25) is 0 Å². The smallest absolute Gasteiger partial charge is 0.373 e. The van der Waals surface area contributed by atoms with E-state index in [1.807, 2.05) is 116 Å². The van der Waals surface area contributed by atoms with Crippen molar-refractivity contribution in [2.45, 2.75) is 21.6 Å². The number of hydrogen-bond donors (Lipinski definition) is 0. The van der Waals surface area contributed by atoms with Gasteiger partial charge in [-0.1, -0.05) is 66.2 Å². The summed E-state index contributed by atoms with van der Waals surface area (Å²) in [6.45, 7) is 2.01. The molecule has 0 saturated heterocycles. The van der Waals surface area contributed by atoms with Crippen LogP contribution in [0.15, 0.2) is 142 Å². The number of aryl methyl sites for hydroxylation is 1. The molecule has 0 aromatic heterocycles. The summed E-state index contributed by atoms with van der Waals surface area (Å²) in [5.41, 5.74) is 1.85. The van der Waals surface area contributed by atoms with Gasteiger partial charge in [0.05, 0.1) is 24.7 Å². The highest BCUT2D eigenvalue weighted by Crippen LogP contribution is 2.37. The van der Waals surface area contributed by atoms with Crippen LogP contribution < -0.4 is 9.47 Å². The molecule has 0 atom stereocenters. The van der Waals surface area contributed by atoms with Gasteiger partial charge in [-0.15, -0.1) is 0 Å². The Kier molecular flexibility index (Phi) is 8.69. The zero-order valence-corrected chi connectivity index (χ0v) is 27.0.